The number of piperazine rings is 1. The molecule has 0 aliphatic carbocycles. The zero-order valence-corrected chi connectivity index (χ0v) is 19.8. The number of benzene rings is 2. The van der Waals surface area contributed by atoms with Gasteiger partial charge in [-0.15, -0.1) is 0 Å². The second kappa shape index (κ2) is 10.2. The highest BCUT2D eigenvalue weighted by Gasteiger charge is 2.35. The molecule has 0 radical (unpaired) electrons. The standard InChI is InChI=1S/C21H23Cl2F2N5OS/c1-11-9-29(19-7-17(24)13(5-18(19)25)8-27-28-21(26)32)10-12(2)30(11)20(31)15-4-3-14(22)6-16(15)23/h3-7,11-12,27H,8-10H2,1-2H3,(H3,26,28,32)/t11-,12+. The van der Waals surface area contributed by atoms with Gasteiger partial charge in [0.1, 0.15) is 11.6 Å². The van der Waals surface area contributed by atoms with Crippen molar-refractivity contribution in [2.24, 2.45) is 5.73 Å². The van der Waals surface area contributed by atoms with Crippen molar-refractivity contribution in [3.63, 3.8) is 0 Å². The van der Waals surface area contributed by atoms with Crippen LogP contribution in [0.3, 0.4) is 0 Å². The molecule has 0 bridgehead atoms. The number of amides is 1. The SMILES string of the molecule is C[C@@H]1CN(c2cc(F)c(CNNC(N)=S)cc2F)C[C@H](C)N1C(=O)c1ccc(Cl)cc1Cl. The number of hydrazine groups is 1. The normalized spacial score (nSPS) is 18.6. The molecule has 32 heavy (non-hydrogen) atoms. The van der Waals surface area contributed by atoms with E-state index in [2.05, 4.69) is 23.1 Å². The summed E-state index contributed by atoms with van der Waals surface area (Å²) in [5.74, 6) is -1.35. The lowest BCUT2D eigenvalue weighted by Gasteiger charge is -2.45. The molecule has 1 aliphatic heterocycles. The molecule has 0 spiro atoms. The van der Waals surface area contributed by atoms with Gasteiger partial charge in [0.25, 0.3) is 5.91 Å². The van der Waals surface area contributed by atoms with Crippen LogP contribution in [-0.4, -0.2) is 41.1 Å². The van der Waals surface area contributed by atoms with Gasteiger partial charge in [0.2, 0.25) is 0 Å². The number of halogens is 4. The molecule has 4 N–H and O–H groups in total. The van der Waals surface area contributed by atoms with E-state index in [0.29, 0.717) is 23.7 Å². The summed E-state index contributed by atoms with van der Waals surface area (Å²) in [6.45, 7) is 4.38. The molecular weight excluding hydrogens is 479 g/mol. The van der Waals surface area contributed by atoms with E-state index in [1.807, 2.05) is 13.8 Å². The van der Waals surface area contributed by atoms with Crippen LogP contribution in [0.25, 0.3) is 0 Å². The number of nitrogens with one attached hydrogen (secondary N) is 2. The van der Waals surface area contributed by atoms with E-state index >= 15 is 0 Å². The molecule has 11 heteroatoms. The van der Waals surface area contributed by atoms with Crippen molar-refractivity contribution in [1.29, 1.82) is 0 Å². The van der Waals surface area contributed by atoms with Gasteiger partial charge < -0.3 is 15.5 Å². The number of hydrogen-bond acceptors (Lipinski definition) is 4. The zero-order chi connectivity index (χ0) is 23.6. The molecule has 0 saturated carbocycles. The lowest BCUT2D eigenvalue weighted by atomic mass is 10.0. The minimum absolute atomic E-state index is 0.00205. The van der Waals surface area contributed by atoms with Gasteiger partial charge in [-0.05, 0) is 50.3 Å². The van der Waals surface area contributed by atoms with Crippen LogP contribution in [0.4, 0.5) is 14.5 Å². The van der Waals surface area contributed by atoms with E-state index in [1.165, 1.54) is 12.1 Å². The number of carbonyl (C=O) groups is 1. The summed E-state index contributed by atoms with van der Waals surface area (Å²) < 4.78 is 29.4. The van der Waals surface area contributed by atoms with E-state index in [1.54, 1.807) is 21.9 Å². The van der Waals surface area contributed by atoms with Gasteiger partial charge in [-0.3, -0.25) is 10.2 Å². The number of carbonyl (C=O) groups excluding carboxylic acids is 1. The second-order valence-electron chi connectivity index (χ2n) is 7.68. The Morgan fingerprint density at radius 2 is 1.81 bits per heavy atom. The van der Waals surface area contributed by atoms with Crippen LogP contribution < -0.4 is 21.5 Å². The Labute approximate surface area is 200 Å². The van der Waals surface area contributed by atoms with E-state index in [0.717, 1.165) is 6.07 Å². The van der Waals surface area contributed by atoms with Gasteiger partial charge in [-0.1, -0.05) is 23.2 Å². The maximum absolute atomic E-state index is 14.8. The Morgan fingerprint density at radius 3 is 2.41 bits per heavy atom. The first-order chi connectivity index (χ1) is 15.1. The van der Waals surface area contributed by atoms with Gasteiger partial charge in [0, 0.05) is 48.4 Å². The van der Waals surface area contributed by atoms with Gasteiger partial charge in [0.05, 0.1) is 16.3 Å². The molecule has 1 amide bonds. The fraction of sp³-hybridized carbons (Fsp3) is 0.333. The highest BCUT2D eigenvalue weighted by Crippen LogP contribution is 2.30. The molecule has 2 aromatic rings. The smallest absolute Gasteiger partial charge is 0.255 e. The monoisotopic (exact) mass is 501 g/mol. The quantitative estimate of drug-likeness (QED) is 0.426. The molecule has 6 nitrogen and oxygen atoms in total. The minimum Gasteiger partial charge on any atom is -0.375 e. The Balaban J connectivity index is 1.77. The van der Waals surface area contributed by atoms with Crippen molar-refractivity contribution >= 4 is 52.1 Å². The predicted molar refractivity (Wildman–Crippen MR) is 127 cm³/mol. The van der Waals surface area contributed by atoms with E-state index in [9.17, 15) is 13.6 Å². The van der Waals surface area contributed by atoms with Crippen LogP contribution >= 0.6 is 35.4 Å². The van der Waals surface area contributed by atoms with Crippen molar-refractivity contribution in [3.05, 3.63) is 63.1 Å². The lowest BCUT2D eigenvalue weighted by molar-refractivity contribution is 0.0574. The highest BCUT2D eigenvalue weighted by atomic mass is 35.5. The summed E-state index contributed by atoms with van der Waals surface area (Å²) in [6, 6.07) is 6.49. The van der Waals surface area contributed by atoms with E-state index < -0.39 is 11.6 Å². The molecular formula is C21H23Cl2F2N5OS. The summed E-state index contributed by atoms with van der Waals surface area (Å²) >= 11 is 16.8. The lowest BCUT2D eigenvalue weighted by Crippen LogP contribution is -2.59. The van der Waals surface area contributed by atoms with E-state index in [4.69, 9.17) is 28.9 Å². The van der Waals surface area contributed by atoms with Crippen LogP contribution in [0.1, 0.15) is 29.8 Å². The minimum atomic E-state index is -0.564. The molecule has 172 valence electrons. The van der Waals surface area contributed by atoms with Gasteiger partial charge in [0.15, 0.2) is 5.11 Å². The molecule has 1 saturated heterocycles. The fourth-order valence-corrected chi connectivity index (χ4v) is 4.47. The number of hydrogen-bond donors (Lipinski definition) is 3. The average molecular weight is 502 g/mol. The summed E-state index contributed by atoms with van der Waals surface area (Å²) in [7, 11) is 0. The predicted octanol–water partition coefficient (Wildman–Crippen LogP) is 3.85. The second-order valence-corrected chi connectivity index (χ2v) is 8.96. The van der Waals surface area contributed by atoms with Crippen LogP contribution in [0.2, 0.25) is 10.0 Å². The molecule has 0 unspecified atom stereocenters. The average Bonchev–Trinajstić information content (AvgIpc) is 2.69. The Bertz CT molecular complexity index is 1030. The molecule has 1 aliphatic rings. The molecule has 2 atom stereocenters. The third kappa shape index (κ3) is 5.40. The molecule has 3 rings (SSSR count). The van der Waals surface area contributed by atoms with E-state index in [-0.39, 0.29) is 45.9 Å². The summed E-state index contributed by atoms with van der Waals surface area (Å²) in [5, 5.41) is 0.708. The maximum atomic E-state index is 14.8. The first kappa shape index (κ1) is 24.4. The molecule has 1 heterocycles. The van der Waals surface area contributed by atoms with Crippen LogP contribution in [0, 0.1) is 11.6 Å². The molecule has 2 aromatic carbocycles. The number of anilines is 1. The van der Waals surface area contributed by atoms with Crippen molar-refractivity contribution in [1.82, 2.24) is 15.8 Å². The van der Waals surface area contributed by atoms with Crippen molar-refractivity contribution in [2.75, 3.05) is 18.0 Å². The Kier molecular flexibility index (Phi) is 7.76. The Hall–Kier alpha value is -2.20. The number of thiocarbonyl (C=S) groups is 1. The van der Waals surface area contributed by atoms with Crippen molar-refractivity contribution in [2.45, 2.75) is 32.5 Å². The van der Waals surface area contributed by atoms with Gasteiger partial charge >= 0.3 is 0 Å². The maximum Gasteiger partial charge on any atom is 0.255 e. The van der Waals surface area contributed by atoms with Crippen LogP contribution in [0.15, 0.2) is 30.3 Å². The van der Waals surface area contributed by atoms with Crippen LogP contribution in [-0.2, 0) is 6.54 Å². The molecule has 0 aromatic heterocycles. The Morgan fingerprint density at radius 1 is 1.16 bits per heavy atom. The number of nitrogens with zero attached hydrogens (tertiary/aromatic N) is 2. The first-order valence-corrected chi connectivity index (χ1v) is 11.0. The zero-order valence-electron chi connectivity index (χ0n) is 17.5. The third-order valence-corrected chi connectivity index (χ3v) is 5.91. The summed E-state index contributed by atoms with van der Waals surface area (Å²) in [6.07, 6.45) is 0. The summed E-state index contributed by atoms with van der Waals surface area (Å²) in [5.41, 5.74) is 11.0. The molecule has 1 fully saturated rings. The van der Waals surface area contributed by atoms with Crippen molar-refractivity contribution < 1.29 is 13.6 Å². The van der Waals surface area contributed by atoms with Crippen LogP contribution in [0.5, 0.6) is 0 Å². The topological polar surface area (TPSA) is 73.6 Å². The largest absolute Gasteiger partial charge is 0.375 e. The number of nitrogens with two attached hydrogens (primary N) is 1. The third-order valence-electron chi connectivity index (χ3n) is 5.26. The van der Waals surface area contributed by atoms with Gasteiger partial charge in [-0.25, -0.2) is 14.2 Å². The van der Waals surface area contributed by atoms with Crippen molar-refractivity contribution in [3.8, 4) is 0 Å². The first-order valence-electron chi connectivity index (χ1n) is 9.87. The highest BCUT2D eigenvalue weighted by molar-refractivity contribution is 7.80. The fourth-order valence-electron chi connectivity index (χ4n) is 3.90. The number of rotatable bonds is 5. The summed E-state index contributed by atoms with van der Waals surface area (Å²) in [4.78, 5) is 16.6. The van der Waals surface area contributed by atoms with Gasteiger partial charge in [-0.2, -0.15) is 0 Å².